The van der Waals surface area contributed by atoms with Gasteiger partial charge in [-0.2, -0.15) is 17.5 Å². The summed E-state index contributed by atoms with van der Waals surface area (Å²) in [5.41, 5.74) is -1.33. The highest BCUT2D eigenvalue weighted by atomic mass is 32.2. The van der Waals surface area contributed by atoms with Gasteiger partial charge in [-0.25, -0.2) is 8.42 Å². The van der Waals surface area contributed by atoms with E-state index in [2.05, 4.69) is 0 Å². The molecule has 0 fully saturated rings. The maximum atomic E-state index is 12.8. The fourth-order valence-electron chi connectivity index (χ4n) is 1.44. The maximum absolute atomic E-state index is 12.8. The first-order valence-corrected chi connectivity index (χ1v) is 6.80. The van der Waals surface area contributed by atoms with Crippen molar-refractivity contribution in [3.8, 4) is 0 Å². The average Bonchev–Trinajstić information content (AvgIpc) is 2.35. The van der Waals surface area contributed by atoms with Crippen LogP contribution in [0.15, 0.2) is 29.2 Å². The molecular weight excluding hydrogens is 299 g/mol. The summed E-state index contributed by atoms with van der Waals surface area (Å²) in [6.07, 6.45) is -4.85. The first-order chi connectivity index (χ1) is 8.99. The number of carboxylic acid groups (broad SMARTS) is 1. The van der Waals surface area contributed by atoms with Crippen molar-refractivity contribution in [2.45, 2.75) is 24.0 Å². The molecule has 0 radical (unpaired) electrons. The maximum Gasteiger partial charge on any atom is 0.417 e. The lowest BCUT2D eigenvalue weighted by atomic mass is 10.2. The third-order valence-electron chi connectivity index (χ3n) is 2.75. The number of benzene rings is 1. The Morgan fingerprint density at radius 1 is 1.30 bits per heavy atom. The van der Waals surface area contributed by atoms with Gasteiger partial charge in [-0.3, -0.25) is 4.79 Å². The molecule has 1 atom stereocenters. The molecular formula is C11H12F3NO4S. The van der Waals surface area contributed by atoms with E-state index in [0.29, 0.717) is 10.4 Å². The van der Waals surface area contributed by atoms with Gasteiger partial charge in [0.05, 0.1) is 10.5 Å². The number of halogens is 3. The molecule has 0 aliphatic carbocycles. The van der Waals surface area contributed by atoms with Crippen molar-refractivity contribution in [1.29, 1.82) is 0 Å². The summed E-state index contributed by atoms with van der Waals surface area (Å²) < 4.78 is 63.0. The lowest BCUT2D eigenvalue weighted by Gasteiger charge is -2.23. The van der Waals surface area contributed by atoms with Crippen molar-refractivity contribution >= 4 is 16.0 Å². The number of rotatable bonds is 4. The molecule has 0 aliphatic rings. The fraction of sp³-hybridized carbons (Fsp3) is 0.364. The van der Waals surface area contributed by atoms with Gasteiger partial charge in [0, 0.05) is 7.05 Å². The molecule has 20 heavy (non-hydrogen) atoms. The molecule has 9 heteroatoms. The van der Waals surface area contributed by atoms with E-state index in [0.717, 1.165) is 32.2 Å². The zero-order valence-electron chi connectivity index (χ0n) is 10.5. The predicted octanol–water partition coefficient (Wildman–Crippen LogP) is 1.80. The van der Waals surface area contributed by atoms with Gasteiger partial charge < -0.3 is 5.11 Å². The normalized spacial score (nSPS) is 14.3. The van der Waals surface area contributed by atoms with Crippen LogP contribution >= 0.6 is 0 Å². The fourth-order valence-corrected chi connectivity index (χ4v) is 2.97. The zero-order valence-corrected chi connectivity index (χ0v) is 11.4. The van der Waals surface area contributed by atoms with Gasteiger partial charge in [-0.05, 0) is 19.1 Å². The Hall–Kier alpha value is -1.61. The molecule has 0 amide bonds. The molecule has 112 valence electrons. The smallest absolute Gasteiger partial charge is 0.417 e. The van der Waals surface area contributed by atoms with E-state index in [1.165, 1.54) is 0 Å². The standard InChI is InChI=1S/C11H12F3NO4S/c1-7(10(16)17)15(2)20(18,19)9-6-4-3-5-8(9)11(12,13)14/h3-7H,1-2H3,(H,16,17). The number of sulfonamides is 1. The van der Waals surface area contributed by atoms with Crippen LogP contribution in [0.2, 0.25) is 0 Å². The van der Waals surface area contributed by atoms with Crippen LogP contribution in [0.3, 0.4) is 0 Å². The lowest BCUT2D eigenvalue weighted by Crippen LogP contribution is -2.40. The topological polar surface area (TPSA) is 74.7 Å². The minimum absolute atomic E-state index is 0.389. The van der Waals surface area contributed by atoms with Crippen LogP contribution < -0.4 is 0 Å². The monoisotopic (exact) mass is 311 g/mol. The highest BCUT2D eigenvalue weighted by Gasteiger charge is 2.39. The Balaban J connectivity index is 3.41. The van der Waals surface area contributed by atoms with E-state index in [1.807, 2.05) is 0 Å². The van der Waals surface area contributed by atoms with Crippen molar-refractivity contribution in [3.63, 3.8) is 0 Å². The third-order valence-corrected chi connectivity index (χ3v) is 4.74. The summed E-state index contributed by atoms with van der Waals surface area (Å²) in [6.45, 7) is 1.07. The van der Waals surface area contributed by atoms with Gasteiger partial charge in [0.1, 0.15) is 6.04 Å². The highest BCUT2D eigenvalue weighted by Crippen LogP contribution is 2.35. The van der Waals surface area contributed by atoms with Crippen molar-refractivity contribution in [2.24, 2.45) is 0 Å². The van der Waals surface area contributed by atoms with Gasteiger partial charge in [0.15, 0.2) is 0 Å². The second-order valence-electron chi connectivity index (χ2n) is 4.03. The number of aliphatic carboxylic acids is 1. The number of nitrogens with zero attached hydrogens (tertiary/aromatic N) is 1. The molecule has 0 bridgehead atoms. The molecule has 0 aromatic heterocycles. The number of hydrogen-bond acceptors (Lipinski definition) is 3. The van der Waals surface area contributed by atoms with Gasteiger partial charge in [-0.1, -0.05) is 12.1 Å². The molecule has 0 spiro atoms. The summed E-state index contributed by atoms with van der Waals surface area (Å²) in [7, 11) is -3.65. The van der Waals surface area contributed by atoms with Gasteiger partial charge in [0.2, 0.25) is 10.0 Å². The average molecular weight is 311 g/mol. The van der Waals surface area contributed by atoms with E-state index < -0.39 is 38.7 Å². The van der Waals surface area contributed by atoms with Crippen molar-refractivity contribution < 1.29 is 31.5 Å². The van der Waals surface area contributed by atoms with Crippen LogP contribution in [-0.4, -0.2) is 36.9 Å². The largest absolute Gasteiger partial charge is 0.480 e. The second kappa shape index (κ2) is 5.41. The Morgan fingerprint density at radius 3 is 2.25 bits per heavy atom. The molecule has 1 rings (SSSR count). The number of alkyl halides is 3. The van der Waals surface area contributed by atoms with E-state index >= 15 is 0 Å². The molecule has 0 saturated heterocycles. The summed E-state index contributed by atoms with van der Waals surface area (Å²) in [6, 6.07) is 2.14. The quantitative estimate of drug-likeness (QED) is 0.920. The van der Waals surface area contributed by atoms with Gasteiger partial charge in [0.25, 0.3) is 0 Å². The van der Waals surface area contributed by atoms with Crippen LogP contribution in [-0.2, 0) is 21.0 Å². The SMILES string of the molecule is CC(C(=O)O)N(C)S(=O)(=O)c1ccccc1C(F)(F)F. The summed E-state index contributed by atoms with van der Waals surface area (Å²) >= 11 is 0. The number of carboxylic acids is 1. The van der Waals surface area contributed by atoms with E-state index in [9.17, 15) is 26.4 Å². The van der Waals surface area contributed by atoms with Crippen molar-refractivity contribution in [3.05, 3.63) is 29.8 Å². The Labute approximate surface area is 113 Å². The van der Waals surface area contributed by atoms with E-state index in [4.69, 9.17) is 5.11 Å². The summed E-state index contributed by atoms with van der Waals surface area (Å²) in [5, 5.41) is 8.76. The van der Waals surface area contributed by atoms with Crippen LogP contribution in [0.5, 0.6) is 0 Å². The molecule has 1 N–H and O–H groups in total. The van der Waals surface area contributed by atoms with Crippen LogP contribution in [0.4, 0.5) is 13.2 Å². The molecule has 1 aromatic rings. The van der Waals surface area contributed by atoms with Crippen molar-refractivity contribution in [2.75, 3.05) is 7.05 Å². The first-order valence-electron chi connectivity index (χ1n) is 5.36. The van der Waals surface area contributed by atoms with Crippen LogP contribution in [0, 0.1) is 0 Å². The molecule has 1 aromatic carbocycles. The third kappa shape index (κ3) is 3.10. The Kier molecular flexibility index (Phi) is 4.45. The Bertz CT molecular complexity index is 612. The summed E-state index contributed by atoms with van der Waals surface area (Å²) in [4.78, 5) is 9.80. The molecule has 1 unspecified atom stereocenters. The minimum atomic E-state index is -4.85. The first kappa shape index (κ1) is 16.4. The number of likely N-dealkylation sites (N-methyl/N-ethyl adjacent to an activating group) is 1. The molecule has 0 heterocycles. The van der Waals surface area contributed by atoms with Crippen LogP contribution in [0.1, 0.15) is 12.5 Å². The predicted molar refractivity (Wildman–Crippen MR) is 63.5 cm³/mol. The number of hydrogen-bond donors (Lipinski definition) is 1. The van der Waals surface area contributed by atoms with E-state index in [1.54, 1.807) is 0 Å². The van der Waals surface area contributed by atoms with Gasteiger partial charge in [-0.15, -0.1) is 0 Å². The zero-order chi connectivity index (χ0) is 15.7. The summed E-state index contributed by atoms with van der Waals surface area (Å²) in [5.74, 6) is -1.46. The second-order valence-corrected chi connectivity index (χ2v) is 6.00. The molecule has 0 saturated carbocycles. The number of carbonyl (C=O) groups is 1. The van der Waals surface area contributed by atoms with E-state index in [-0.39, 0.29) is 0 Å². The van der Waals surface area contributed by atoms with Crippen LogP contribution in [0.25, 0.3) is 0 Å². The minimum Gasteiger partial charge on any atom is -0.480 e. The Morgan fingerprint density at radius 2 is 1.80 bits per heavy atom. The highest BCUT2D eigenvalue weighted by molar-refractivity contribution is 7.89. The van der Waals surface area contributed by atoms with Crippen molar-refractivity contribution in [1.82, 2.24) is 4.31 Å². The molecule has 5 nitrogen and oxygen atoms in total. The lowest BCUT2D eigenvalue weighted by molar-refractivity contribution is -0.140. The van der Waals surface area contributed by atoms with Gasteiger partial charge >= 0.3 is 12.1 Å². The molecule has 0 aliphatic heterocycles.